The Morgan fingerprint density at radius 3 is 2.48 bits per heavy atom. The van der Waals surface area contributed by atoms with Gasteiger partial charge < -0.3 is 10.1 Å². The zero-order chi connectivity index (χ0) is 18.1. The van der Waals surface area contributed by atoms with Crippen molar-refractivity contribution in [2.45, 2.75) is 17.9 Å². The summed E-state index contributed by atoms with van der Waals surface area (Å²) in [7, 11) is -3.76. The van der Waals surface area contributed by atoms with Crippen molar-refractivity contribution in [3.8, 4) is 0 Å². The molecule has 0 aromatic heterocycles. The fourth-order valence-corrected chi connectivity index (χ4v) is 2.85. The van der Waals surface area contributed by atoms with E-state index >= 15 is 0 Å². The summed E-state index contributed by atoms with van der Waals surface area (Å²) in [6, 6.07) is 15.9. The number of nitrogens with two attached hydrogens (primary N) is 1. The van der Waals surface area contributed by atoms with E-state index in [1.165, 1.54) is 6.07 Å². The molecule has 25 heavy (non-hydrogen) atoms. The molecule has 0 saturated carbocycles. The van der Waals surface area contributed by atoms with Gasteiger partial charge in [-0.1, -0.05) is 60.7 Å². The smallest absolute Gasteiger partial charge is 0.407 e. The minimum atomic E-state index is -3.76. The van der Waals surface area contributed by atoms with E-state index in [4.69, 9.17) is 9.88 Å². The highest BCUT2D eigenvalue weighted by molar-refractivity contribution is 7.89. The summed E-state index contributed by atoms with van der Waals surface area (Å²) in [5.74, 6) is 0. The molecule has 6 nitrogen and oxygen atoms in total. The van der Waals surface area contributed by atoms with Crippen molar-refractivity contribution in [2.75, 3.05) is 6.54 Å². The van der Waals surface area contributed by atoms with Crippen molar-refractivity contribution in [1.82, 2.24) is 5.32 Å². The van der Waals surface area contributed by atoms with Crippen LogP contribution in [0.15, 0.2) is 65.6 Å². The third-order valence-electron chi connectivity index (χ3n) is 3.32. The lowest BCUT2D eigenvalue weighted by Crippen LogP contribution is -2.24. The first kappa shape index (κ1) is 18.7. The maximum atomic E-state index is 11.6. The second kappa shape index (κ2) is 9.00. The Morgan fingerprint density at radius 1 is 1.08 bits per heavy atom. The molecule has 0 fully saturated rings. The second-order valence-corrected chi connectivity index (χ2v) is 6.79. The van der Waals surface area contributed by atoms with Gasteiger partial charge in [0.1, 0.15) is 6.61 Å². The number of rotatable bonds is 7. The Balaban J connectivity index is 1.76. The quantitative estimate of drug-likeness (QED) is 0.742. The zero-order valence-electron chi connectivity index (χ0n) is 13.6. The van der Waals surface area contributed by atoms with Crippen molar-refractivity contribution in [1.29, 1.82) is 0 Å². The predicted molar refractivity (Wildman–Crippen MR) is 96.1 cm³/mol. The Kier molecular flexibility index (Phi) is 6.73. The highest BCUT2D eigenvalue weighted by atomic mass is 32.2. The average Bonchev–Trinajstić information content (AvgIpc) is 2.60. The van der Waals surface area contributed by atoms with Crippen molar-refractivity contribution in [2.24, 2.45) is 5.14 Å². The first-order valence-electron chi connectivity index (χ1n) is 7.70. The molecule has 2 rings (SSSR count). The lowest BCUT2D eigenvalue weighted by Gasteiger charge is -2.06. The van der Waals surface area contributed by atoms with E-state index in [2.05, 4.69) is 5.32 Å². The lowest BCUT2D eigenvalue weighted by atomic mass is 10.2. The predicted octanol–water partition coefficient (Wildman–Crippen LogP) is 2.66. The molecule has 3 N–H and O–H groups in total. The molecule has 0 spiro atoms. The monoisotopic (exact) mass is 360 g/mol. The van der Waals surface area contributed by atoms with Crippen LogP contribution in [0.2, 0.25) is 0 Å². The van der Waals surface area contributed by atoms with E-state index in [-0.39, 0.29) is 11.5 Å². The van der Waals surface area contributed by atoms with Crippen LogP contribution >= 0.6 is 0 Å². The largest absolute Gasteiger partial charge is 0.445 e. The molecule has 0 saturated heterocycles. The number of primary sulfonamides is 1. The van der Waals surface area contributed by atoms with Gasteiger partial charge in [0.2, 0.25) is 10.0 Å². The summed E-state index contributed by atoms with van der Waals surface area (Å²) in [5.41, 5.74) is 1.42. The van der Waals surface area contributed by atoms with Crippen LogP contribution in [0.1, 0.15) is 17.5 Å². The minimum absolute atomic E-state index is 0.0708. The molecule has 0 aliphatic heterocycles. The van der Waals surface area contributed by atoms with Crippen molar-refractivity contribution >= 4 is 22.2 Å². The van der Waals surface area contributed by atoms with Gasteiger partial charge in [-0.05, 0) is 23.6 Å². The summed E-state index contributed by atoms with van der Waals surface area (Å²) >= 11 is 0. The third-order valence-corrected chi connectivity index (χ3v) is 4.30. The molecule has 0 heterocycles. The van der Waals surface area contributed by atoms with Gasteiger partial charge >= 0.3 is 6.09 Å². The molecule has 2 aromatic carbocycles. The third kappa shape index (κ3) is 6.40. The summed E-state index contributed by atoms with van der Waals surface area (Å²) in [4.78, 5) is 11.7. The van der Waals surface area contributed by atoms with Gasteiger partial charge in [-0.2, -0.15) is 0 Å². The number of nitrogens with one attached hydrogen (secondary N) is 1. The molecular formula is C18H20N2O4S. The normalized spacial score (nSPS) is 11.4. The Hall–Kier alpha value is -2.64. The van der Waals surface area contributed by atoms with Gasteiger partial charge in [0, 0.05) is 6.54 Å². The standard InChI is InChI=1S/C18H20N2O4S/c19-25(22,23)17-12-5-4-10-16(17)11-6-7-13-20-18(21)24-14-15-8-2-1-3-9-15/h1-6,8-12H,7,13-14H2,(H,20,21)(H2,19,22,23). The summed E-state index contributed by atoms with van der Waals surface area (Å²) in [6.45, 7) is 0.589. The van der Waals surface area contributed by atoms with Gasteiger partial charge in [-0.15, -0.1) is 0 Å². The molecule has 132 valence electrons. The van der Waals surface area contributed by atoms with E-state index in [0.29, 0.717) is 18.5 Å². The van der Waals surface area contributed by atoms with E-state index in [1.807, 2.05) is 30.3 Å². The number of ether oxygens (including phenoxy) is 1. The maximum Gasteiger partial charge on any atom is 0.407 e. The highest BCUT2D eigenvalue weighted by Gasteiger charge is 2.10. The van der Waals surface area contributed by atoms with Crippen LogP contribution in [0.25, 0.3) is 6.08 Å². The fraction of sp³-hybridized carbons (Fsp3) is 0.167. The number of carbonyl (C=O) groups excluding carboxylic acids is 1. The Morgan fingerprint density at radius 2 is 1.76 bits per heavy atom. The Labute approximate surface area is 147 Å². The van der Waals surface area contributed by atoms with Gasteiger partial charge in [0.25, 0.3) is 0 Å². The second-order valence-electron chi connectivity index (χ2n) is 5.26. The first-order chi connectivity index (χ1) is 12.0. The van der Waals surface area contributed by atoms with Crippen LogP contribution in [0.3, 0.4) is 0 Å². The van der Waals surface area contributed by atoms with Crippen LogP contribution < -0.4 is 10.5 Å². The number of amides is 1. The molecular weight excluding hydrogens is 340 g/mol. The van der Waals surface area contributed by atoms with Gasteiger partial charge in [0.05, 0.1) is 4.90 Å². The molecule has 0 aliphatic carbocycles. The van der Waals surface area contributed by atoms with Crippen molar-refractivity contribution < 1.29 is 17.9 Å². The molecule has 2 aromatic rings. The maximum absolute atomic E-state index is 11.6. The molecule has 0 atom stereocenters. The van der Waals surface area contributed by atoms with E-state index in [1.54, 1.807) is 30.4 Å². The average molecular weight is 360 g/mol. The molecule has 7 heteroatoms. The van der Waals surface area contributed by atoms with Crippen LogP contribution in [0.4, 0.5) is 4.79 Å². The van der Waals surface area contributed by atoms with Gasteiger partial charge in [-0.25, -0.2) is 18.4 Å². The van der Waals surface area contributed by atoms with E-state index in [9.17, 15) is 13.2 Å². The van der Waals surface area contributed by atoms with Crippen LogP contribution in [0, 0.1) is 0 Å². The summed E-state index contributed by atoms with van der Waals surface area (Å²) in [6.07, 6.45) is 3.46. The Bertz CT molecular complexity index is 833. The van der Waals surface area contributed by atoms with E-state index in [0.717, 1.165) is 5.56 Å². The fourth-order valence-electron chi connectivity index (χ4n) is 2.12. The number of sulfonamides is 1. The lowest BCUT2D eigenvalue weighted by molar-refractivity contribution is 0.140. The van der Waals surface area contributed by atoms with Crippen molar-refractivity contribution in [3.63, 3.8) is 0 Å². The molecule has 0 unspecified atom stereocenters. The van der Waals surface area contributed by atoms with Crippen molar-refractivity contribution in [3.05, 3.63) is 71.8 Å². The van der Waals surface area contributed by atoms with Crippen LogP contribution in [-0.2, 0) is 21.4 Å². The first-order valence-corrected chi connectivity index (χ1v) is 9.24. The van der Waals surface area contributed by atoms with Gasteiger partial charge in [-0.3, -0.25) is 0 Å². The number of benzene rings is 2. The zero-order valence-corrected chi connectivity index (χ0v) is 14.4. The van der Waals surface area contributed by atoms with E-state index < -0.39 is 16.1 Å². The molecule has 0 bridgehead atoms. The molecule has 0 radical (unpaired) electrons. The number of carbonyl (C=O) groups is 1. The summed E-state index contributed by atoms with van der Waals surface area (Å²) in [5, 5.41) is 7.80. The number of hydrogen-bond acceptors (Lipinski definition) is 4. The molecule has 1 amide bonds. The minimum Gasteiger partial charge on any atom is -0.445 e. The topological polar surface area (TPSA) is 98.5 Å². The number of hydrogen-bond donors (Lipinski definition) is 2. The summed E-state index contributed by atoms with van der Waals surface area (Å²) < 4.78 is 28.1. The SMILES string of the molecule is NS(=O)(=O)c1ccccc1C=CCCNC(=O)OCc1ccccc1. The number of alkyl carbamates (subject to hydrolysis) is 1. The molecule has 0 aliphatic rings. The van der Waals surface area contributed by atoms with Crippen LogP contribution in [0.5, 0.6) is 0 Å². The van der Waals surface area contributed by atoms with Crippen LogP contribution in [-0.4, -0.2) is 21.1 Å². The van der Waals surface area contributed by atoms with Gasteiger partial charge in [0.15, 0.2) is 0 Å². The highest BCUT2D eigenvalue weighted by Crippen LogP contribution is 2.15.